The van der Waals surface area contributed by atoms with Crippen LogP contribution in [0, 0.1) is 13.8 Å². The van der Waals surface area contributed by atoms with E-state index in [1.54, 1.807) is 11.3 Å². The standard InChI is InChI=1S/C34H46N4O3S2/c1-22-17-23(2)19-24(18-22)31-28(9-11-36-12-14-37(15-13-36)27-10-16-43(40,41)21-27)29-20-30(42-32(29)35-31)34(3,4)33(39)38-25-5-6-26(38)8-7-25/h17-20,25-27,35H,5-16,21H2,1-4H3. The Labute approximate surface area is 260 Å². The number of aryl methyl sites for hydroxylation is 2. The number of thiophene rings is 1. The number of carbonyl (C=O) groups is 1. The van der Waals surface area contributed by atoms with Gasteiger partial charge in [0.05, 0.1) is 22.6 Å². The van der Waals surface area contributed by atoms with Gasteiger partial charge in [0.2, 0.25) is 5.91 Å². The molecule has 7 nitrogen and oxygen atoms in total. The predicted molar refractivity (Wildman–Crippen MR) is 176 cm³/mol. The molecule has 0 radical (unpaired) electrons. The molecule has 3 aromatic rings. The van der Waals surface area contributed by atoms with E-state index in [0.717, 1.165) is 81.0 Å². The lowest BCUT2D eigenvalue weighted by molar-refractivity contribution is -0.137. The Morgan fingerprint density at radius 1 is 0.930 bits per heavy atom. The number of rotatable bonds is 7. The topological polar surface area (TPSA) is 76.7 Å². The minimum atomic E-state index is -2.86. The predicted octanol–water partition coefficient (Wildman–Crippen LogP) is 5.29. The Morgan fingerprint density at radius 3 is 2.19 bits per heavy atom. The Balaban J connectivity index is 1.14. The van der Waals surface area contributed by atoms with Crippen molar-refractivity contribution in [2.24, 2.45) is 0 Å². The summed E-state index contributed by atoms with van der Waals surface area (Å²) in [5, 5.41) is 1.26. The van der Waals surface area contributed by atoms with Crippen LogP contribution in [-0.2, 0) is 26.5 Å². The van der Waals surface area contributed by atoms with E-state index in [1.165, 1.54) is 33.3 Å². The zero-order valence-corrected chi connectivity index (χ0v) is 27.7. The molecule has 1 aromatic carbocycles. The number of benzene rings is 1. The molecular formula is C34H46N4O3S2. The fourth-order valence-electron chi connectivity index (χ4n) is 8.32. The maximum atomic E-state index is 13.9. The zero-order chi connectivity index (χ0) is 30.1. The number of nitrogens with zero attached hydrogens (tertiary/aromatic N) is 3. The number of fused-ring (bicyclic) bond motifs is 3. The summed E-state index contributed by atoms with van der Waals surface area (Å²) in [6.45, 7) is 13.3. The van der Waals surface area contributed by atoms with Gasteiger partial charge in [-0.05, 0) is 95.5 Å². The number of sulfone groups is 1. The van der Waals surface area contributed by atoms with Crippen LogP contribution in [0.5, 0.6) is 0 Å². The van der Waals surface area contributed by atoms with Gasteiger partial charge in [-0.3, -0.25) is 9.69 Å². The highest BCUT2D eigenvalue weighted by Crippen LogP contribution is 2.44. The molecule has 4 saturated heterocycles. The first kappa shape index (κ1) is 29.5. The highest BCUT2D eigenvalue weighted by atomic mass is 32.2. The minimum absolute atomic E-state index is 0.193. The molecule has 1 atom stereocenters. The number of piperazine rings is 1. The normalized spacial score (nSPS) is 26.2. The van der Waals surface area contributed by atoms with Gasteiger partial charge in [-0.25, -0.2) is 8.42 Å². The van der Waals surface area contributed by atoms with Crippen molar-refractivity contribution >= 4 is 37.3 Å². The molecule has 7 rings (SSSR count). The summed E-state index contributed by atoms with van der Waals surface area (Å²) in [5.41, 5.74) is 5.76. The van der Waals surface area contributed by atoms with E-state index >= 15 is 0 Å². The van der Waals surface area contributed by atoms with Gasteiger partial charge in [0.15, 0.2) is 9.84 Å². The lowest BCUT2D eigenvalue weighted by Gasteiger charge is -2.37. The highest BCUT2D eigenvalue weighted by molar-refractivity contribution is 7.91. The third-order valence-electron chi connectivity index (χ3n) is 10.8. The van der Waals surface area contributed by atoms with Crippen LogP contribution in [0.15, 0.2) is 24.3 Å². The maximum absolute atomic E-state index is 13.9. The number of carbonyl (C=O) groups excluding carboxylic acids is 1. The van der Waals surface area contributed by atoms with Gasteiger partial charge >= 0.3 is 0 Å². The summed E-state index contributed by atoms with van der Waals surface area (Å²) in [5.74, 6) is 0.962. The molecule has 1 amide bonds. The quantitative estimate of drug-likeness (QED) is 0.388. The lowest BCUT2D eigenvalue weighted by Crippen LogP contribution is -2.51. The van der Waals surface area contributed by atoms with E-state index in [2.05, 4.69) is 71.6 Å². The van der Waals surface area contributed by atoms with Crippen LogP contribution in [0.25, 0.3) is 21.5 Å². The zero-order valence-electron chi connectivity index (χ0n) is 26.1. The van der Waals surface area contributed by atoms with E-state index in [1.807, 2.05) is 0 Å². The molecule has 1 N–H and O–H groups in total. The molecule has 2 aromatic heterocycles. The molecule has 4 fully saturated rings. The second-order valence-corrected chi connectivity index (χ2v) is 17.5. The van der Waals surface area contributed by atoms with Crippen LogP contribution in [0.4, 0.5) is 0 Å². The SMILES string of the molecule is Cc1cc(C)cc(-c2[nH]c3sc(C(C)(C)C(=O)N4C5CCC4CC5)cc3c2CCN2CCN(C3CCS(=O)(=O)C3)CC2)c1. The fourth-order valence-corrected chi connectivity index (χ4v) is 11.3. The van der Waals surface area contributed by atoms with E-state index in [-0.39, 0.29) is 6.04 Å². The second kappa shape index (κ2) is 11.0. The van der Waals surface area contributed by atoms with Crippen LogP contribution in [-0.4, -0.2) is 96.4 Å². The molecule has 6 heterocycles. The molecule has 4 aliphatic rings. The number of hydrogen-bond acceptors (Lipinski definition) is 6. The summed E-state index contributed by atoms with van der Waals surface area (Å²) < 4.78 is 24.0. The summed E-state index contributed by atoms with van der Waals surface area (Å²) in [4.78, 5) is 27.2. The summed E-state index contributed by atoms with van der Waals surface area (Å²) >= 11 is 1.76. The van der Waals surface area contributed by atoms with E-state index in [0.29, 0.717) is 29.5 Å². The molecular weight excluding hydrogens is 577 g/mol. The smallest absolute Gasteiger partial charge is 0.233 e. The van der Waals surface area contributed by atoms with E-state index in [9.17, 15) is 13.2 Å². The average Bonchev–Trinajstić information content (AvgIpc) is 3.78. The molecule has 4 aliphatic heterocycles. The Kier molecular flexibility index (Phi) is 7.55. The maximum Gasteiger partial charge on any atom is 0.233 e. The molecule has 0 spiro atoms. The van der Waals surface area contributed by atoms with Crippen LogP contribution in [0.3, 0.4) is 0 Å². The Bertz CT molecular complexity index is 1610. The number of nitrogens with one attached hydrogen (secondary N) is 1. The van der Waals surface area contributed by atoms with E-state index in [4.69, 9.17) is 0 Å². The summed E-state index contributed by atoms with van der Waals surface area (Å²) in [6, 6.07) is 10.2. The Hall–Kier alpha value is -2.20. The van der Waals surface area contributed by atoms with Crippen molar-refractivity contribution in [1.82, 2.24) is 19.7 Å². The third kappa shape index (κ3) is 5.49. The van der Waals surface area contributed by atoms with Crippen LogP contribution < -0.4 is 0 Å². The largest absolute Gasteiger partial charge is 0.346 e. The van der Waals surface area contributed by atoms with E-state index < -0.39 is 15.3 Å². The molecule has 0 aliphatic carbocycles. The van der Waals surface area contributed by atoms with Crippen molar-refractivity contribution in [3.8, 4) is 11.3 Å². The first-order chi connectivity index (χ1) is 20.5. The summed E-state index contributed by atoms with van der Waals surface area (Å²) in [7, 11) is -2.86. The Morgan fingerprint density at radius 2 is 1.58 bits per heavy atom. The van der Waals surface area contributed by atoms with Crippen molar-refractivity contribution in [3.05, 3.63) is 45.8 Å². The monoisotopic (exact) mass is 622 g/mol. The van der Waals surface area contributed by atoms with Gasteiger partial charge in [0, 0.05) is 61.1 Å². The molecule has 2 bridgehead atoms. The molecule has 9 heteroatoms. The lowest BCUT2D eigenvalue weighted by atomic mass is 9.88. The number of aromatic nitrogens is 1. The number of aromatic amines is 1. The van der Waals surface area contributed by atoms with Gasteiger partial charge in [0.25, 0.3) is 0 Å². The van der Waals surface area contributed by atoms with Crippen LogP contribution in [0.1, 0.15) is 67.5 Å². The minimum Gasteiger partial charge on any atom is -0.346 e. The van der Waals surface area contributed by atoms with Crippen molar-refractivity contribution in [3.63, 3.8) is 0 Å². The average molecular weight is 623 g/mol. The van der Waals surface area contributed by atoms with Crippen molar-refractivity contribution in [2.75, 3.05) is 44.2 Å². The van der Waals surface area contributed by atoms with Crippen molar-refractivity contribution in [2.45, 2.75) is 89.8 Å². The summed E-state index contributed by atoms with van der Waals surface area (Å²) in [6.07, 6.45) is 6.36. The third-order valence-corrected chi connectivity index (χ3v) is 13.9. The van der Waals surface area contributed by atoms with Gasteiger partial charge < -0.3 is 14.8 Å². The molecule has 0 saturated carbocycles. The first-order valence-corrected chi connectivity index (χ1v) is 18.9. The molecule has 43 heavy (non-hydrogen) atoms. The van der Waals surface area contributed by atoms with Crippen LogP contribution >= 0.6 is 11.3 Å². The number of H-pyrrole nitrogens is 1. The van der Waals surface area contributed by atoms with Gasteiger partial charge in [0.1, 0.15) is 4.83 Å². The van der Waals surface area contributed by atoms with Crippen LogP contribution in [0.2, 0.25) is 0 Å². The second-order valence-electron chi connectivity index (χ2n) is 14.2. The molecule has 232 valence electrons. The number of hydrogen-bond donors (Lipinski definition) is 1. The van der Waals surface area contributed by atoms with Crippen molar-refractivity contribution < 1.29 is 13.2 Å². The fraction of sp³-hybridized carbons (Fsp3) is 0.618. The van der Waals surface area contributed by atoms with Gasteiger partial charge in [-0.2, -0.15) is 0 Å². The van der Waals surface area contributed by atoms with Gasteiger partial charge in [-0.1, -0.05) is 17.2 Å². The molecule has 1 unspecified atom stereocenters. The number of amides is 1. The first-order valence-electron chi connectivity index (χ1n) is 16.2. The van der Waals surface area contributed by atoms with Crippen molar-refractivity contribution in [1.29, 1.82) is 0 Å². The van der Waals surface area contributed by atoms with Gasteiger partial charge in [-0.15, -0.1) is 11.3 Å². The highest BCUT2D eigenvalue weighted by Gasteiger charge is 2.47.